The van der Waals surface area contributed by atoms with Crippen LogP contribution in [0.3, 0.4) is 0 Å². The molecule has 0 radical (unpaired) electrons. The number of nitrogens with zero attached hydrogens (tertiary/aromatic N) is 3. The van der Waals surface area contributed by atoms with Crippen LogP contribution in [0.1, 0.15) is 34.9 Å². The Balaban J connectivity index is 0.00000280. The number of rotatable bonds is 5. The molecule has 3 rings (SSSR count). The van der Waals surface area contributed by atoms with Crippen LogP contribution in [0.5, 0.6) is 5.75 Å². The van der Waals surface area contributed by atoms with Crippen LogP contribution < -0.4 is 10.1 Å². The molecule has 0 aliphatic carbocycles. The Kier molecular flexibility index (Phi) is 7.31. The highest BCUT2D eigenvalue weighted by atomic mass is 35.5. The second-order valence-electron chi connectivity index (χ2n) is 6.53. The molecule has 1 saturated heterocycles. The van der Waals surface area contributed by atoms with Crippen LogP contribution in [0.4, 0.5) is 13.2 Å². The van der Waals surface area contributed by atoms with Crippen molar-refractivity contribution in [3.63, 3.8) is 0 Å². The number of benzene rings is 1. The maximum absolute atomic E-state index is 12.6. The highest BCUT2D eigenvalue weighted by molar-refractivity contribution is 5.92. The average Bonchev–Trinajstić information content (AvgIpc) is 3.12. The molecule has 6 nitrogen and oxygen atoms in total. The van der Waals surface area contributed by atoms with Gasteiger partial charge in [0.05, 0.1) is 6.04 Å². The predicted molar refractivity (Wildman–Crippen MR) is 99.5 cm³/mol. The van der Waals surface area contributed by atoms with E-state index < -0.39 is 6.36 Å². The fourth-order valence-electron chi connectivity index (χ4n) is 3.05. The zero-order chi connectivity index (χ0) is 19.4. The standard InChI is InChI=1S/C18H21F3N4O2.ClH/c1-24(12-13-4-6-15(7-5-13)27-18(19,20)21)17(26)16-8-10-25(23-16)14-3-2-9-22-11-14;/h4-8,10,14,22H,2-3,9,11-12H2,1H3;1H. The molecule has 28 heavy (non-hydrogen) atoms. The minimum Gasteiger partial charge on any atom is -0.406 e. The molecule has 0 bridgehead atoms. The lowest BCUT2D eigenvalue weighted by Gasteiger charge is -2.23. The molecular formula is C18H22ClF3N4O2. The summed E-state index contributed by atoms with van der Waals surface area (Å²) < 4.78 is 42.2. The summed E-state index contributed by atoms with van der Waals surface area (Å²) in [4.78, 5) is 14.0. The first kappa shape index (κ1) is 22.0. The van der Waals surface area contributed by atoms with Crippen molar-refractivity contribution in [2.24, 2.45) is 0 Å². The number of halogens is 4. The highest BCUT2D eigenvalue weighted by Crippen LogP contribution is 2.23. The number of carbonyl (C=O) groups is 1. The first-order valence-corrected chi connectivity index (χ1v) is 8.68. The average molecular weight is 419 g/mol. The van der Waals surface area contributed by atoms with E-state index in [4.69, 9.17) is 0 Å². The van der Waals surface area contributed by atoms with Gasteiger partial charge in [0, 0.05) is 26.3 Å². The molecule has 1 aliphatic rings. The summed E-state index contributed by atoms with van der Waals surface area (Å²) in [5, 5.41) is 7.70. The minimum absolute atomic E-state index is 0. The topological polar surface area (TPSA) is 59.4 Å². The lowest BCUT2D eigenvalue weighted by Crippen LogP contribution is -2.32. The van der Waals surface area contributed by atoms with Crippen molar-refractivity contribution in [3.8, 4) is 5.75 Å². The third-order valence-corrected chi connectivity index (χ3v) is 4.40. The summed E-state index contributed by atoms with van der Waals surface area (Å²) in [5.74, 6) is -0.534. The van der Waals surface area contributed by atoms with Crippen molar-refractivity contribution in [2.45, 2.75) is 31.8 Å². The van der Waals surface area contributed by atoms with Crippen LogP contribution in [0.2, 0.25) is 0 Å². The Bertz CT molecular complexity index is 774. The Hall–Kier alpha value is -2.26. The van der Waals surface area contributed by atoms with Crippen molar-refractivity contribution in [2.75, 3.05) is 20.1 Å². The zero-order valence-electron chi connectivity index (χ0n) is 15.3. The van der Waals surface area contributed by atoms with Crippen LogP contribution in [0, 0.1) is 0 Å². The highest BCUT2D eigenvalue weighted by Gasteiger charge is 2.31. The number of aromatic nitrogens is 2. The first-order valence-electron chi connectivity index (χ1n) is 8.68. The van der Waals surface area contributed by atoms with E-state index >= 15 is 0 Å². The maximum Gasteiger partial charge on any atom is 0.573 e. The van der Waals surface area contributed by atoms with E-state index in [-0.39, 0.29) is 36.7 Å². The van der Waals surface area contributed by atoms with Crippen molar-refractivity contribution >= 4 is 18.3 Å². The van der Waals surface area contributed by atoms with Crippen LogP contribution in [-0.4, -0.2) is 47.1 Å². The molecule has 1 fully saturated rings. The number of hydrogen-bond acceptors (Lipinski definition) is 4. The molecule has 1 aliphatic heterocycles. The molecule has 154 valence electrons. The normalized spacial score (nSPS) is 16.9. The number of amides is 1. The number of alkyl halides is 3. The Morgan fingerprint density at radius 2 is 2.04 bits per heavy atom. The Labute approximate surface area is 167 Å². The van der Waals surface area contributed by atoms with Crippen molar-refractivity contribution < 1.29 is 22.7 Å². The van der Waals surface area contributed by atoms with Gasteiger partial charge in [-0.3, -0.25) is 9.48 Å². The van der Waals surface area contributed by atoms with Crippen LogP contribution in [0.15, 0.2) is 36.5 Å². The molecular weight excluding hydrogens is 397 g/mol. The smallest absolute Gasteiger partial charge is 0.406 e. The molecule has 2 heterocycles. The molecule has 0 saturated carbocycles. The molecule has 1 atom stereocenters. The zero-order valence-corrected chi connectivity index (χ0v) is 16.1. The lowest BCUT2D eigenvalue weighted by atomic mass is 10.1. The summed E-state index contributed by atoms with van der Waals surface area (Å²) in [6.45, 7) is 2.08. The van der Waals surface area contributed by atoms with E-state index in [1.165, 1.54) is 29.2 Å². The first-order chi connectivity index (χ1) is 12.8. The molecule has 10 heteroatoms. The number of nitrogens with one attached hydrogen (secondary N) is 1. The van der Waals surface area contributed by atoms with Crippen molar-refractivity contribution in [1.29, 1.82) is 0 Å². The molecule has 2 aromatic rings. The SMILES string of the molecule is CN(Cc1ccc(OC(F)(F)F)cc1)C(=O)c1ccn(C2CCCNC2)n1.Cl. The quantitative estimate of drug-likeness (QED) is 0.808. The fourth-order valence-corrected chi connectivity index (χ4v) is 3.05. The number of carbonyl (C=O) groups excluding carboxylic acids is 1. The predicted octanol–water partition coefficient (Wildman–Crippen LogP) is 3.40. The third kappa shape index (κ3) is 5.87. The number of piperidine rings is 1. The van der Waals surface area contributed by atoms with E-state index in [2.05, 4.69) is 15.2 Å². The van der Waals surface area contributed by atoms with Gasteiger partial charge >= 0.3 is 6.36 Å². The molecule has 1 unspecified atom stereocenters. The second-order valence-corrected chi connectivity index (χ2v) is 6.53. The Morgan fingerprint density at radius 3 is 2.64 bits per heavy atom. The second kappa shape index (κ2) is 9.29. The monoisotopic (exact) mass is 418 g/mol. The van der Waals surface area contributed by atoms with Gasteiger partial charge in [0.25, 0.3) is 5.91 Å². The Morgan fingerprint density at radius 1 is 1.32 bits per heavy atom. The van der Waals surface area contributed by atoms with Crippen molar-refractivity contribution in [1.82, 2.24) is 20.0 Å². The van der Waals surface area contributed by atoms with Gasteiger partial charge in [0.2, 0.25) is 0 Å². The van der Waals surface area contributed by atoms with Gasteiger partial charge in [0.15, 0.2) is 0 Å². The van der Waals surface area contributed by atoms with Gasteiger partial charge in [0.1, 0.15) is 11.4 Å². The van der Waals surface area contributed by atoms with Gasteiger partial charge in [-0.2, -0.15) is 5.10 Å². The minimum atomic E-state index is -4.72. The van der Waals surface area contributed by atoms with Crippen LogP contribution >= 0.6 is 12.4 Å². The summed E-state index contributed by atoms with van der Waals surface area (Å²) in [6.07, 6.45) is -0.824. The van der Waals surface area contributed by atoms with Gasteiger partial charge < -0.3 is 15.0 Å². The molecule has 1 amide bonds. The van der Waals surface area contributed by atoms with Crippen LogP contribution in [0.25, 0.3) is 0 Å². The van der Waals surface area contributed by atoms with E-state index in [1.807, 2.05) is 10.9 Å². The summed E-state index contributed by atoms with van der Waals surface area (Å²) in [7, 11) is 1.63. The van der Waals surface area contributed by atoms with E-state index in [0.717, 1.165) is 25.9 Å². The lowest BCUT2D eigenvalue weighted by molar-refractivity contribution is -0.274. The summed E-state index contributed by atoms with van der Waals surface area (Å²) in [5.41, 5.74) is 1.04. The van der Waals surface area contributed by atoms with Crippen molar-refractivity contribution in [3.05, 3.63) is 47.8 Å². The van der Waals surface area contributed by atoms with Gasteiger partial charge in [-0.05, 0) is 43.1 Å². The summed E-state index contributed by atoms with van der Waals surface area (Å²) in [6, 6.07) is 7.38. The third-order valence-electron chi connectivity index (χ3n) is 4.40. The summed E-state index contributed by atoms with van der Waals surface area (Å²) >= 11 is 0. The molecule has 0 spiro atoms. The fraction of sp³-hybridized carbons (Fsp3) is 0.444. The molecule has 1 aromatic carbocycles. The van der Waals surface area contributed by atoms with Gasteiger partial charge in [-0.15, -0.1) is 25.6 Å². The van der Waals surface area contributed by atoms with E-state index in [0.29, 0.717) is 11.3 Å². The van der Waals surface area contributed by atoms with E-state index in [9.17, 15) is 18.0 Å². The maximum atomic E-state index is 12.6. The molecule has 1 aromatic heterocycles. The molecule has 1 N–H and O–H groups in total. The largest absolute Gasteiger partial charge is 0.573 e. The number of ether oxygens (including phenoxy) is 1. The van der Waals surface area contributed by atoms with Gasteiger partial charge in [-0.25, -0.2) is 0 Å². The van der Waals surface area contributed by atoms with E-state index in [1.54, 1.807) is 13.1 Å². The van der Waals surface area contributed by atoms with Gasteiger partial charge in [-0.1, -0.05) is 12.1 Å². The number of hydrogen-bond donors (Lipinski definition) is 1. The van der Waals surface area contributed by atoms with Crippen LogP contribution in [-0.2, 0) is 6.54 Å².